The summed E-state index contributed by atoms with van der Waals surface area (Å²) in [6.07, 6.45) is 0.516. The van der Waals surface area contributed by atoms with Gasteiger partial charge in [-0.25, -0.2) is 18.6 Å². The van der Waals surface area contributed by atoms with Crippen LogP contribution in [0.5, 0.6) is 5.75 Å². The number of benzene rings is 4. The number of rotatable bonds is 8. The van der Waals surface area contributed by atoms with Crippen molar-refractivity contribution in [2.45, 2.75) is 31.5 Å². The molecule has 4 aromatic carbocycles. The third-order valence-corrected chi connectivity index (χ3v) is 8.72. The van der Waals surface area contributed by atoms with Gasteiger partial charge in [-0.3, -0.25) is 9.69 Å². The van der Waals surface area contributed by atoms with Gasteiger partial charge in [-0.2, -0.15) is 0 Å². The van der Waals surface area contributed by atoms with Crippen LogP contribution < -0.4 is 9.64 Å². The highest BCUT2D eigenvalue weighted by Gasteiger charge is 2.55. The summed E-state index contributed by atoms with van der Waals surface area (Å²) in [5, 5.41) is 10.0. The summed E-state index contributed by atoms with van der Waals surface area (Å²) in [7, 11) is 1.53. The maximum absolute atomic E-state index is 15.8. The molecule has 0 aliphatic carbocycles. The highest BCUT2D eigenvalue weighted by Crippen LogP contribution is 2.56. The fourth-order valence-electron chi connectivity index (χ4n) is 6.33. The molecule has 228 valence electrons. The number of carboxylic acid groups (broad SMARTS) is 1. The fraction of sp³-hybridized carbons (Fsp3) is 0.206. The van der Waals surface area contributed by atoms with Crippen LogP contribution in [-0.4, -0.2) is 40.3 Å². The summed E-state index contributed by atoms with van der Waals surface area (Å²) in [6, 6.07) is 19.3. The van der Waals surface area contributed by atoms with E-state index in [1.165, 1.54) is 31.4 Å². The molecule has 1 saturated heterocycles. The Hall–Kier alpha value is -4.80. The number of methoxy groups -OCH3 is 1. The van der Waals surface area contributed by atoms with Crippen LogP contribution in [0.15, 0.2) is 72.8 Å². The molecule has 0 radical (unpaired) electrons. The molecule has 8 nitrogen and oxygen atoms in total. The largest absolute Gasteiger partial charge is 0.478 e. The lowest BCUT2D eigenvalue weighted by Crippen LogP contribution is -2.43. The van der Waals surface area contributed by atoms with Crippen molar-refractivity contribution in [1.82, 2.24) is 9.55 Å². The van der Waals surface area contributed by atoms with Crippen LogP contribution in [0.2, 0.25) is 5.02 Å². The van der Waals surface area contributed by atoms with Gasteiger partial charge in [0.2, 0.25) is 11.6 Å². The lowest BCUT2D eigenvalue weighted by atomic mass is 9.99. The molecule has 1 aromatic heterocycles. The Morgan fingerprint density at radius 3 is 2.56 bits per heavy atom. The van der Waals surface area contributed by atoms with Crippen LogP contribution in [0, 0.1) is 11.6 Å². The van der Waals surface area contributed by atoms with Gasteiger partial charge in [-0.05, 0) is 54.1 Å². The highest BCUT2D eigenvalue weighted by atomic mass is 35.5. The van der Waals surface area contributed by atoms with E-state index in [4.69, 9.17) is 21.1 Å². The normalized spacial score (nSPS) is 17.1. The van der Waals surface area contributed by atoms with Crippen molar-refractivity contribution in [3.8, 4) is 16.9 Å². The van der Waals surface area contributed by atoms with Gasteiger partial charge in [-0.15, -0.1) is 0 Å². The summed E-state index contributed by atoms with van der Waals surface area (Å²) in [5.74, 6) is -2.03. The first kappa shape index (κ1) is 28.9. The van der Waals surface area contributed by atoms with Crippen LogP contribution in [0.1, 0.15) is 40.2 Å². The molecule has 2 aliphatic rings. The Kier molecular flexibility index (Phi) is 7.06. The summed E-state index contributed by atoms with van der Waals surface area (Å²) in [6.45, 7) is 0.598. The lowest BCUT2D eigenvalue weighted by molar-refractivity contribution is -0.117. The van der Waals surface area contributed by atoms with Gasteiger partial charge in [-0.1, -0.05) is 35.9 Å². The first-order valence-corrected chi connectivity index (χ1v) is 14.7. The number of fused-ring (bicyclic) bond motifs is 4. The van der Waals surface area contributed by atoms with Crippen LogP contribution in [-0.2, 0) is 28.2 Å². The molecule has 3 heterocycles. The van der Waals surface area contributed by atoms with E-state index in [0.29, 0.717) is 51.8 Å². The Bertz CT molecular complexity index is 1990. The number of imidazole rings is 1. The predicted octanol–water partition coefficient (Wildman–Crippen LogP) is 6.94. The number of amides is 1. The van der Waals surface area contributed by atoms with Crippen molar-refractivity contribution >= 4 is 40.2 Å². The first-order chi connectivity index (χ1) is 21.7. The van der Waals surface area contributed by atoms with Crippen molar-refractivity contribution in [3.63, 3.8) is 0 Å². The number of hydrogen-bond acceptors (Lipinski definition) is 5. The van der Waals surface area contributed by atoms with Crippen LogP contribution in [0.4, 0.5) is 14.5 Å². The Balaban J connectivity index is 1.27. The second-order valence-electron chi connectivity index (χ2n) is 11.1. The third kappa shape index (κ3) is 4.72. The summed E-state index contributed by atoms with van der Waals surface area (Å²) >= 11 is 6.12. The van der Waals surface area contributed by atoms with E-state index < -0.39 is 23.3 Å². The zero-order valence-electron chi connectivity index (χ0n) is 24.0. The summed E-state index contributed by atoms with van der Waals surface area (Å²) in [4.78, 5) is 30.9. The van der Waals surface area contributed by atoms with E-state index in [2.05, 4.69) is 4.98 Å². The fourth-order valence-corrected chi connectivity index (χ4v) is 6.46. The van der Waals surface area contributed by atoms with Gasteiger partial charge in [0, 0.05) is 54.6 Å². The van der Waals surface area contributed by atoms with E-state index in [1.54, 1.807) is 45.9 Å². The molecule has 45 heavy (non-hydrogen) atoms. The number of carbonyl (C=O) groups excluding carboxylic acids is 1. The number of carboxylic acids is 1. The Labute approximate surface area is 261 Å². The number of halogens is 3. The SMILES string of the molecule is COCCn1c(Cc2c(F)cc(-c3cccc4c3OC3(c5ccc(Cl)cc5)CCC(=O)N43)cc2F)nc2ccc(C(=O)O)cc21. The minimum atomic E-state index is -1.09. The molecule has 11 heteroatoms. The van der Waals surface area contributed by atoms with Gasteiger partial charge in [0.15, 0.2) is 5.75 Å². The van der Waals surface area contributed by atoms with Gasteiger partial charge in [0.25, 0.3) is 0 Å². The van der Waals surface area contributed by atoms with E-state index in [1.807, 2.05) is 12.1 Å². The molecular formula is C34H26ClF2N3O5. The minimum Gasteiger partial charge on any atom is -0.478 e. The third-order valence-electron chi connectivity index (χ3n) is 8.47. The number of para-hydroxylation sites is 1. The van der Waals surface area contributed by atoms with Crippen molar-refractivity contribution in [2.24, 2.45) is 0 Å². The molecule has 0 saturated carbocycles. The number of nitrogens with zero attached hydrogens (tertiary/aromatic N) is 3. The van der Waals surface area contributed by atoms with Gasteiger partial charge in [0.05, 0.1) is 28.9 Å². The molecule has 1 fully saturated rings. The molecular weight excluding hydrogens is 604 g/mol. The molecule has 5 aromatic rings. The average molecular weight is 630 g/mol. The second-order valence-corrected chi connectivity index (χ2v) is 11.5. The Morgan fingerprint density at radius 2 is 1.84 bits per heavy atom. The van der Waals surface area contributed by atoms with Crippen LogP contribution >= 0.6 is 11.6 Å². The van der Waals surface area contributed by atoms with Crippen molar-refractivity contribution in [3.05, 3.63) is 112 Å². The van der Waals surface area contributed by atoms with Crippen LogP contribution in [0.3, 0.4) is 0 Å². The highest BCUT2D eigenvalue weighted by molar-refractivity contribution is 6.30. The number of carbonyl (C=O) groups is 2. The Morgan fingerprint density at radius 1 is 1.09 bits per heavy atom. The second kappa shape index (κ2) is 11.0. The van der Waals surface area contributed by atoms with Crippen molar-refractivity contribution < 1.29 is 33.0 Å². The van der Waals surface area contributed by atoms with Gasteiger partial charge in [0.1, 0.15) is 17.5 Å². The quantitative estimate of drug-likeness (QED) is 0.200. The average Bonchev–Trinajstić information content (AvgIpc) is 3.66. The monoisotopic (exact) mass is 629 g/mol. The van der Waals surface area contributed by atoms with E-state index in [-0.39, 0.29) is 42.0 Å². The number of aromatic carboxylic acids is 1. The molecule has 7 rings (SSSR count). The lowest BCUT2D eigenvalue weighted by Gasteiger charge is -2.31. The maximum Gasteiger partial charge on any atom is 0.335 e. The number of ether oxygens (including phenoxy) is 2. The number of hydrogen-bond donors (Lipinski definition) is 1. The van der Waals surface area contributed by atoms with E-state index in [9.17, 15) is 14.7 Å². The number of anilines is 1. The van der Waals surface area contributed by atoms with Crippen molar-refractivity contribution in [2.75, 3.05) is 18.6 Å². The first-order valence-electron chi connectivity index (χ1n) is 14.3. The predicted molar refractivity (Wildman–Crippen MR) is 164 cm³/mol. The zero-order chi connectivity index (χ0) is 31.5. The molecule has 0 spiro atoms. The minimum absolute atomic E-state index is 0.0759. The molecule has 1 atom stereocenters. The summed E-state index contributed by atoms with van der Waals surface area (Å²) < 4.78 is 45.1. The van der Waals surface area contributed by atoms with E-state index in [0.717, 1.165) is 5.56 Å². The molecule has 0 bridgehead atoms. The smallest absolute Gasteiger partial charge is 0.335 e. The van der Waals surface area contributed by atoms with Gasteiger partial charge < -0.3 is 19.1 Å². The summed E-state index contributed by atoms with van der Waals surface area (Å²) in [5.41, 5.74) is 1.82. The van der Waals surface area contributed by atoms with Crippen molar-refractivity contribution in [1.29, 1.82) is 0 Å². The maximum atomic E-state index is 15.8. The van der Waals surface area contributed by atoms with Crippen LogP contribution in [0.25, 0.3) is 22.2 Å². The molecule has 1 N–H and O–H groups in total. The zero-order valence-corrected chi connectivity index (χ0v) is 24.8. The topological polar surface area (TPSA) is 93.9 Å². The standard InChI is InChI=1S/C34H26ClF2N3O5/c1-44-14-13-39-29-17-19(33(42)43)5-10-27(29)38-30(39)18-24-25(36)15-20(16-26(24)37)23-3-2-4-28-32(23)45-34(12-11-31(41)40(28)34)21-6-8-22(35)9-7-21/h2-10,15-17H,11-14,18H2,1H3,(H,42,43). The molecule has 2 aliphatic heterocycles. The van der Waals surface area contributed by atoms with E-state index >= 15 is 8.78 Å². The van der Waals surface area contributed by atoms with Gasteiger partial charge >= 0.3 is 5.97 Å². The molecule has 1 amide bonds. The number of aromatic nitrogens is 2. The molecule has 1 unspecified atom stereocenters.